The van der Waals surface area contributed by atoms with E-state index in [-0.39, 0.29) is 11.1 Å². The number of hydrogen-bond donors (Lipinski definition) is 0. The van der Waals surface area contributed by atoms with Crippen LogP contribution in [0.25, 0.3) is 10.9 Å². The van der Waals surface area contributed by atoms with Crippen LogP contribution in [-0.4, -0.2) is 4.57 Å². The minimum absolute atomic E-state index is 0.113. The zero-order valence-electron chi connectivity index (χ0n) is 8.91. The second-order valence-corrected chi connectivity index (χ2v) is 4.07. The van der Waals surface area contributed by atoms with Gasteiger partial charge in [0.15, 0.2) is 0 Å². The van der Waals surface area contributed by atoms with Gasteiger partial charge in [-0.3, -0.25) is 4.79 Å². The molecule has 2 rings (SSSR count). The number of rotatable bonds is 0. The molecule has 0 saturated carbocycles. The summed E-state index contributed by atoms with van der Waals surface area (Å²) in [4.78, 5) is 11.8. The molecule has 0 fully saturated rings. The van der Waals surface area contributed by atoms with Gasteiger partial charge >= 0.3 is 0 Å². The first kappa shape index (κ1) is 10.7. The molecule has 1 heterocycles. The molecule has 1 aromatic heterocycles. The summed E-state index contributed by atoms with van der Waals surface area (Å²) in [6.07, 6.45) is 0. The molecule has 0 bridgehead atoms. The molecule has 4 heteroatoms. The molecule has 80 valence electrons. The highest BCUT2D eigenvalue weighted by Crippen LogP contribution is 2.25. The van der Waals surface area contributed by atoms with Crippen molar-refractivity contribution in [1.29, 1.82) is 5.26 Å². The number of benzene rings is 1. The Balaban J connectivity index is 3.11. The van der Waals surface area contributed by atoms with E-state index in [1.54, 1.807) is 19.2 Å². The van der Waals surface area contributed by atoms with Crippen LogP contribution in [0.3, 0.4) is 0 Å². The Kier molecular flexibility index (Phi) is 2.45. The van der Waals surface area contributed by atoms with Gasteiger partial charge in [-0.25, -0.2) is 0 Å². The normalized spacial score (nSPS) is 10.4. The van der Waals surface area contributed by atoms with E-state index >= 15 is 0 Å². The number of nitrogens with zero attached hydrogens (tertiary/aromatic N) is 2. The standard InChI is InChI=1S/C12H9ClN2O/c1-7-3-4-10(13)9-5-8(6-14)12(16)15(2)11(7)9/h3-5H,1-2H3. The van der Waals surface area contributed by atoms with Crippen LogP contribution < -0.4 is 5.56 Å². The van der Waals surface area contributed by atoms with Crippen molar-refractivity contribution >= 4 is 22.5 Å². The van der Waals surface area contributed by atoms with Crippen molar-refractivity contribution in [3.05, 3.63) is 44.7 Å². The molecule has 0 N–H and O–H groups in total. The Morgan fingerprint density at radius 1 is 1.44 bits per heavy atom. The molecule has 2 aromatic rings. The average Bonchev–Trinajstić information content (AvgIpc) is 2.27. The summed E-state index contributed by atoms with van der Waals surface area (Å²) in [6, 6.07) is 7.06. The molecule has 0 amide bonds. The third-order valence-electron chi connectivity index (χ3n) is 2.65. The molecular weight excluding hydrogens is 224 g/mol. The molecule has 0 spiro atoms. The van der Waals surface area contributed by atoms with Gasteiger partial charge in [-0.15, -0.1) is 0 Å². The maximum atomic E-state index is 11.8. The number of hydrogen-bond acceptors (Lipinski definition) is 2. The van der Waals surface area contributed by atoms with Crippen molar-refractivity contribution < 1.29 is 0 Å². The Labute approximate surface area is 97.5 Å². The van der Waals surface area contributed by atoms with Crippen LogP contribution in [0.5, 0.6) is 0 Å². The van der Waals surface area contributed by atoms with Gasteiger partial charge in [0.05, 0.1) is 5.52 Å². The van der Waals surface area contributed by atoms with Gasteiger partial charge in [-0.1, -0.05) is 17.7 Å². The van der Waals surface area contributed by atoms with Crippen molar-refractivity contribution in [3.8, 4) is 6.07 Å². The Hall–Kier alpha value is -1.79. The van der Waals surface area contributed by atoms with Crippen LogP contribution in [0.2, 0.25) is 5.02 Å². The molecule has 0 saturated heterocycles. The summed E-state index contributed by atoms with van der Waals surface area (Å²) < 4.78 is 1.47. The largest absolute Gasteiger partial charge is 0.310 e. The summed E-state index contributed by atoms with van der Waals surface area (Å²) in [7, 11) is 1.65. The maximum Gasteiger partial charge on any atom is 0.268 e. The van der Waals surface area contributed by atoms with Crippen LogP contribution >= 0.6 is 11.6 Å². The van der Waals surface area contributed by atoms with E-state index in [2.05, 4.69) is 0 Å². The first-order valence-corrected chi connectivity index (χ1v) is 5.13. The molecule has 0 aliphatic rings. The van der Waals surface area contributed by atoms with Crippen LogP contribution in [0.15, 0.2) is 23.0 Å². The predicted molar refractivity (Wildman–Crippen MR) is 63.7 cm³/mol. The van der Waals surface area contributed by atoms with Gasteiger partial charge in [-0.05, 0) is 24.6 Å². The highest BCUT2D eigenvalue weighted by molar-refractivity contribution is 6.35. The summed E-state index contributed by atoms with van der Waals surface area (Å²) in [5, 5.41) is 10.1. The fourth-order valence-corrected chi connectivity index (χ4v) is 2.05. The van der Waals surface area contributed by atoms with E-state index in [4.69, 9.17) is 16.9 Å². The lowest BCUT2D eigenvalue weighted by Crippen LogP contribution is -2.20. The lowest BCUT2D eigenvalue weighted by Gasteiger charge is -2.09. The first-order valence-electron chi connectivity index (χ1n) is 4.75. The summed E-state index contributed by atoms with van der Waals surface area (Å²) in [6.45, 7) is 1.91. The van der Waals surface area contributed by atoms with Crippen LogP contribution in [0.1, 0.15) is 11.1 Å². The molecule has 3 nitrogen and oxygen atoms in total. The van der Waals surface area contributed by atoms with Gasteiger partial charge in [0.2, 0.25) is 0 Å². The van der Waals surface area contributed by atoms with Crippen molar-refractivity contribution in [2.45, 2.75) is 6.92 Å². The number of halogens is 1. The summed E-state index contributed by atoms with van der Waals surface area (Å²) >= 11 is 6.06. The number of fused-ring (bicyclic) bond motifs is 1. The summed E-state index contributed by atoms with van der Waals surface area (Å²) in [5.74, 6) is 0. The van der Waals surface area contributed by atoms with E-state index in [0.29, 0.717) is 5.02 Å². The van der Waals surface area contributed by atoms with E-state index in [0.717, 1.165) is 16.5 Å². The summed E-state index contributed by atoms with van der Waals surface area (Å²) in [5.41, 5.74) is 1.56. The molecule has 0 unspecified atom stereocenters. The molecule has 0 atom stereocenters. The molecular formula is C12H9ClN2O. The Bertz CT molecular complexity index is 680. The number of aryl methyl sites for hydroxylation is 2. The molecule has 0 aliphatic heterocycles. The van der Waals surface area contributed by atoms with Gasteiger partial charge in [0.1, 0.15) is 11.6 Å². The second kappa shape index (κ2) is 3.66. The quantitative estimate of drug-likeness (QED) is 0.700. The topological polar surface area (TPSA) is 45.8 Å². The van der Waals surface area contributed by atoms with Gasteiger partial charge in [0, 0.05) is 17.5 Å². The fourth-order valence-electron chi connectivity index (χ4n) is 1.84. The monoisotopic (exact) mass is 232 g/mol. The van der Waals surface area contributed by atoms with Crippen molar-refractivity contribution in [2.24, 2.45) is 7.05 Å². The van der Waals surface area contributed by atoms with Crippen LogP contribution in [0.4, 0.5) is 0 Å². The molecule has 0 radical (unpaired) electrons. The molecule has 16 heavy (non-hydrogen) atoms. The highest BCUT2D eigenvalue weighted by atomic mass is 35.5. The third kappa shape index (κ3) is 1.39. The molecule has 1 aromatic carbocycles. The van der Waals surface area contributed by atoms with E-state index in [1.165, 1.54) is 4.57 Å². The first-order chi connectivity index (χ1) is 7.56. The van der Waals surface area contributed by atoms with Crippen LogP contribution in [0, 0.1) is 18.3 Å². The van der Waals surface area contributed by atoms with Crippen molar-refractivity contribution in [1.82, 2.24) is 4.57 Å². The minimum Gasteiger partial charge on any atom is -0.310 e. The minimum atomic E-state index is -0.291. The van der Waals surface area contributed by atoms with E-state index in [9.17, 15) is 4.79 Å². The third-order valence-corrected chi connectivity index (χ3v) is 2.97. The Morgan fingerprint density at radius 3 is 2.75 bits per heavy atom. The van der Waals surface area contributed by atoms with Gasteiger partial charge in [0.25, 0.3) is 5.56 Å². The Morgan fingerprint density at radius 2 is 2.12 bits per heavy atom. The lowest BCUT2D eigenvalue weighted by molar-refractivity contribution is 0.897. The average molecular weight is 233 g/mol. The SMILES string of the molecule is Cc1ccc(Cl)c2cc(C#N)c(=O)n(C)c12. The van der Waals surface area contributed by atoms with Gasteiger partial charge < -0.3 is 4.57 Å². The van der Waals surface area contributed by atoms with Crippen molar-refractivity contribution in [2.75, 3.05) is 0 Å². The lowest BCUT2D eigenvalue weighted by atomic mass is 10.1. The second-order valence-electron chi connectivity index (χ2n) is 3.66. The van der Waals surface area contributed by atoms with Crippen LogP contribution in [-0.2, 0) is 7.05 Å². The van der Waals surface area contributed by atoms with Gasteiger partial charge in [-0.2, -0.15) is 5.26 Å². The predicted octanol–water partition coefficient (Wildman–Crippen LogP) is 2.37. The van der Waals surface area contributed by atoms with E-state index < -0.39 is 0 Å². The zero-order chi connectivity index (χ0) is 11.9. The maximum absolute atomic E-state index is 11.8. The number of nitriles is 1. The fraction of sp³-hybridized carbons (Fsp3) is 0.167. The smallest absolute Gasteiger partial charge is 0.268 e. The number of aromatic nitrogens is 1. The molecule has 0 aliphatic carbocycles. The number of pyridine rings is 1. The highest BCUT2D eigenvalue weighted by Gasteiger charge is 2.10. The van der Waals surface area contributed by atoms with E-state index in [1.807, 2.05) is 19.1 Å². The van der Waals surface area contributed by atoms with Crippen molar-refractivity contribution in [3.63, 3.8) is 0 Å². The zero-order valence-corrected chi connectivity index (χ0v) is 9.67.